The summed E-state index contributed by atoms with van der Waals surface area (Å²) in [5, 5.41) is 11.6. The van der Waals surface area contributed by atoms with Crippen LogP contribution in [-0.2, 0) is 11.2 Å². The van der Waals surface area contributed by atoms with Crippen molar-refractivity contribution in [3.05, 3.63) is 65.2 Å². The van der Waals surface area contributed by atoms with Crippen molar-refractivity contribution in [1.82, 2.24) is 5.32 Å². The fraction of sp³-hybridized carbons (Fsp3) is 0.176. The Labute approximate surface area is 136 Å². The molecule has 7 heteroatoms. The van der Waals surface area contributed by atoms with Gasteiger partial charge in [0.1, 0.15) is 23.4 Å². The van der Waals surface area contributed by atoms with Crippen molar-refractivity contribution in [2.45, 2.75) is 12.5 Å². The molecule has 0 saturated heterocycles. The number of carbonyl (C=O) groups excluding carboxylic acids is 1. The van der Waals surface area contributed by atoms with Crippen molar-refractivity contribution in [1.29, 1.82) is 0 Å². The molecule has 2 aromatic rings. The lowest BCUT2D eigenvalue weighted by Gasteiger charge is -2.16. The highest BCUT2D eigenvalue weighted by Gasteiger charge is 2.23. The summed E-state index contributed by atoms with van der Waals surface area (Å²) >= 11 is 0. The molecule has 2 rings (SSSR count). The van der Waals surface area contributed by atoms with Gasteiger partial charge < -0.3 is 15.2 Å². The molecule has 0 aliphatic rings. The van der Waals surface area contributed by atoms with Gasteiger partial charge in [-0.25, -0.2) is 13.6 Å². The number of carbonyl (C=O) groups is 2. The third-order valence-electron chi connectivity index (χ3n) is 3.34. The third kappa shape index (κ3) is 4.28. The molecule has 0 aliphatic heterocycles. The van der Waals surface area contributed by atoms with Gasteiger partial charge in [0.2, 0.25) is 0 Å². The van der Waals surface area contributed by atoms with Crippen molar-refractivity contribution >= 4 is 11.9 Å². The first-order valence-electron chi connectivity index (χ1n) is 7.02. The maximum atomic E-state index is 13.2. The summed E-state index contributed by atoms with van der Waals surface area (Å²) in [5.74, 6) is -3.51. The number of hydrogen-bond acceptors (Lipinski definition) is 3. The maximum Gasteiger partial charge on any atom is 0.326 e. The minimum Gasteiger partial charge on any atom is -0.496 e. The molecule has 24 heavy (non-hydrogen) atoms. The summed E-state index contributed by atoms with van der Waals surface area (Å²) in [7, 11) is 1.45. The van der Waals surface area contributed by atoms with Gasteiger partial charge in [-0.2, -0.15) is 0 Å². The molecule has 0 heterocycles. The number of carboxylic acid groups (broad SMARTS) is 1. The molecule has 126 valence electrons. The average Bonchev–Trinajstić information content (AvgIpc) is 2.53. The number of hydrogen-bond donors (Lipinski definition) is 2. The van der Waals surface area contributed by atoms with E-state index in [-0.39, 0.29) is 12.0 Å². The van der Waals surface area contributed by atoms with E-state index in [9.17, 15) is 23.5 Å². The summed E-state index contributed by atoms with van der Waals surface area (Å²) < 4.78 is 31.5. The molecule has 1 atom stereocenters. The van der Waals surface area contributed by atoms with E-state index in [2.05, 4.69) is 5.32 Å². The highest BCUT2D eigenvalue weighted by molar-refractivity contribution is 5.96. The topological polar surface area (TPSA) is 75.6 Å². The predicted molar refractivity (Wildman–Crippen MR) is 81.9 cm³/mol. The molecule has 2 aromatic carbocycles. The predicted octanol–water partition coefficient (Wildman–Crippen LogP) is 2.40. The maximum absolute atomic E-state index is 13.2. The number of rotatable bonds is 6. The summed E-state index contributed by atoms with van der Waals surface area (Å²) in [6, 6.07) is 7.79. The van der Waals surface area contributed by atoms with Crippen LogP contribution >= 0.6 is 0 Å². The van der Waals surface area contributed by atoms with E-state index in [0.717, 1.165) is 12.1 Å². The van der Waals surface area contributed by atoms with Crippen LogP contribution in [-0.4, -0.2) is 30.1 Å². The summed E-state index contributed by atoms with van der Waals surface area (Å²) in [6.07, 6.45) is -0.0388. The van der Waals surface area contributed by atoms with Crippen LogP contribution in [0, 0.1) is 11.6 Å². The number of nitrogens with one attached hydrogen (secondary N) is 1. The van der Waals surface area contributed by atoms with Crippen LogP contribution in [0.4, 0.5) is 8.78 Å². The van der Waals surface area contributed by atoms with Crippen LogP contribution in [0.1, 0.15) is 15.9 Å². The highest BCUT2D eigenvalue weighted by atomic mass is 19.1. The second-order valence-corrected chi connectivity index (χ2v) is 5.04. The molecule has 0 bridgehead atoms. The lowest BCUT2D eigenvalue weighted by Crippen LogP contribution is -2.42. The molecular weight excluding hydrogens is 320 g/mol. The Morgan fingerprint density at radius 1 is 1.17 bits per heavy atom. The Bertz CT molecular complexity index is 744. The molecule has 0 spiro atoms. The fourth-order valence-electron chi connectivity index (χ4n) is 2.22. The normalized spacial score (nSPS) is 11.6. The van der Waals surface area contributed by atoms with E-state index in [1.807, 2.05) is 0 Å². The van der Waals surface area contributed by atoms with Gasteiger partial charge in [0, 0.05) is 18.1 Å². The summed E-state index contributed by atoms with van der Waals surface area (Å²) in [4.78, 5) is 23.5. The molecular formula is C17H15F2NO4. The number of carboxylic acids is 1. The number of halogens is 2. The lowest BCUT2D eigenvalue weighted by atomic mass is 10.0. The molecule has 5 nitrogen and oxygen atoms in total. The van der Waals surface area contributed by atoms with Gasteiger partial charge in [-0.1, -0.05) is 18.2 Å². The second-order valence-electron chi connectivity index (χ2n) is 5.04. The average molecular weight is 335 g/mol. The van der Waals surface area contributed by atoms with E-state index in [1.165, 1.54) is 7.11 Å². The summed E-state index contributed by atoms with van der Waals surface area (Å²) in [6.45, 7) is 0. The van der Waals surface area contributed by atoms with Gasteiger partial charge in [-0.3, -0.25) is 4.79 Å². The van der Waals surface area contributed by atoms with Crippen LogP contribution in [0.5, 0.6) is 5.75 Å². The monoisotopic (exact) mass is 335 g/mol. The standard InChI is InChI=1S/C17H15F2NO4/c1-24-15-5-3-2-4-10(15)8-14(17(22)23)20-16(21)11-6-12(18)9-13(19)7-11/h2-7,9,14H,8H2,1H3,(H,20,21)(H,22,23)/t14-/m1/s1. The fourth-order valence-corrected chi connectivity index (χ4v) is 2.22. The van der Waals surface area contributed by atoms with Crippen molar-refractivity contribution in [3.63, 3.8) is 0 Å². The molecule has 0 radical (unpaired) electrons. The molecule has 0 aromatic heterocycles. The number of para-hydroxylation sites is 1. The lowest BCUT2D eigenvalue weighted by molar-refractivity contribution is -0.139. The Hall–Kier alpha value is -2.96. The van der Waals surface area contributed by atoms with E-state index in [4.69, 9.17) is 4.74 Å². The number of ether oxygens (including phenoxy) is 1. The quantitative estimate of drug-likeness (QED) is 0.850. The van der Waals surface area contributed by atoms with Gasteiger partial charge in [-0.05, 0) is 23.8 Å². The first-order valence-corrected chi connectivity index (χ1v) is 7.02. The zero-order valence-corrected chi connectivity index (χ0v) is 12.8. The van der Waals surface area contributed by atoms with E-state index < -0.39 is 29.6 Å². The Morgan fingerprint density at radius 3 is 2.38 bits per heavy atom. The van der Waals surface area contributed by atoms with Crippen molar-refractivity contribution in [2.24, 2.45) is 0 Å². The molecule has 1 amide bonds. The Balaban J connectivity index is 2.19. The Morgan fingerprint density at radius 2 is 1.79 bits per heavy atom. The van der Waals surface area contributed by atoms with Crippen LogP contribution in [0.2, 0.25) is 0 Å². The van der Waals surface area contributed by atoms with Crippen molar-refractivity contribution in [2.75, 3.05) is 7.11 Å². The smallest absolute Gasteiger partial charge is 0.326 e. The zero-order valence-electron chi connectivity index (χ0n) is 12.8. The largest absolute Gasteiger partial charge is 0.496 e. The van der Waals surface area contributed by atoms with Crippen LogP contribution < -0.4 is 10.1 Å². The number of methoxy groups -OCH3 is 1. The van der Waals surface area contributed by atoms with Crippen LogP contribution in [0.15, 0.2) is 42.5 Å². The molecule has 0 aliphatic carbocycles. The zero-order chi connectivity index (χ0) is 17.7. The molecule has 0 fully saturated rings. The second kappa shape index (κ2) is 7.54. The van der Waals surface area contributed by atoms with Gasteiger partial charge in [0.25, 0.3) is 5.91 Å². The van der Waals surface area contributed by atoms with Crippen molar-refractivity contribution in [3.8, 4) is 5.75 Å². The van der Waals surface area contributed by atoms with Crippen LogP contribution in [0.3, 0.4) is 0 Å². The van der Waals surface area contributed by atoms with Crippen LogP contribution in [0.25, 0.3) is 0 Å². The van der Waals surface area contributed by atoms with Gasteiger partial charge in [0.15, 0.2) is 0 Å². The number of aliphatic carboxylic acids is 1. The highest BCUT2D eigenvalue weighted by Crippen LogP contribution is 2.19. The van der Waals surface area contributed by atoms with Gasteiger partial charge in [-0.15, -0.1) is 0 Å². The molecule has 2 N–H and O–H groups in total. The minimum atomic E-state index is -1.28. The number of amides is 1. The van der Waals surface area contributed by atoms with Gasteiger partial charge >= 0.3 is 5.97 Å². The van der Waals surface area contributed by atoms with E-state index >= 15 is 0 Å². The summed E-state index contributed by atoms with van der Waals surface area (Å²) in [5.41, 5.74) is 0.289. The van der Waals surface area contributed by atoms with E-state index in [0.29, 0.717) is 17.4 Å². The van der Waals surface area contributed by atoms with Crippen molar-refractivity contribution < 1.29 is 28.2 Å². The first-order chi connectivity index (χ1) is 11.4. The Kier molecular flexibility index (Phi) is 5.47. The van der Waals surface area contributed by atoms with E-state index in [1.54, 1.807) is 24.3 Å². The molecule has 0 unspecified atom stereocenters. The molecule has 0 saturated carbocycles. The number of benzene rings is 2. The minimum absolute atomic E-state index is 0.0388. The third-order valence-corrected chi connectivity index (χ3v) is 3.34. The van der Waals surface area contributed by atoms with Gasteiger partial charge in [0.05, 0.1) is 7.11 Å². The first kappa shape index (κ1) is 17.4. The SMILES string of the molecule is COc1ccccc1C[C@@H](NC(=O)c1cc(F)cc(F)c1)C(=O)O.